The van der Waals surface area contributed by atoms with Crippen LogP contribution < -0.4 is 5.32 Å². The SMILES string of the molecule is CCNC(=O)CCCCCC[C@@H]1[C@@H](CC[C@@H](O)CCc2ccccc2)[C@H](O)C[C@@H]1O[C@H]1OC(CO)[C@@H](O)[C@H](O)C1O. The molecule has 1 aromatic carbocycles. The average molecular weight is 582 g/mol. The maximum Gasteiger partial charge on any atom is 0.219 e. The first-order valence-corrected chi connectivity index (χ1v) is 15.4. The van der Waals surface area contributed by atoms with Gasteiger partial charge in [0.25, 0.3) is 0 Å². The molecule has 0 aromatic heterocycles. The Morgan fingerprint density at radius 1 is 0.976 bits per heavy atom. The van der Waals surface area contributed by atoms with E-state index in [0.717, 1.165) is 38.5 Å². The van der Waals surface area contributed by atoms with Crippen LogP contribution in [0.1, 0.15) is 76.7 Å². The van der Waals surface area contributed by atoms with Gasteiger partial charge in [-0.05, 0) is 62.8 Å². The third-order valence-corrected chi connectivity index (χ3v) is 8.66. The summed E-state index contributed by atoms with van der Waals surface area (Å²) in [6, 6.07) is 10.0. The first-order valence-electron chi connectivity index (χ1n) is 15.4. The zero-order valence-electron chi connectivity index (χ0n) is 24.3. The molecule has 10 atom stereocenters. The van der Waals surface area contributed by atoms with Crippen molar-refractivity contribution in [1.82, 2.24) is 5.32 Å². The number of hydrogen-bond donors (Lipinski definition) is 7. The summed E-state index contributed by atoms with van der Waals surface area (Å²) in [6.45, 7) is 1.98. The molecule has 0 radical (unpaired) electrons. The fourth-order valence-electron chi connectivity index (χ4n) is 6.28. The maximum atomic E-state index is 11.7. The van der Waals surface area contributed by atoms with Gasteiger partial charge in [-0.2, -0.15) is 0 Å². The number of unbranched alkanes of at least 4 members (excludes halogenated alkanes) is 3. The first-order chi connectivity index (χ1) is 19.7. The molecule has 3 rings (SSSR count). The Bertz CT molecular complexity index is 872. The van der Waals surface area contributed by atoms with Crippen LogP contribution in [0.5, 0.6) is 0 Å². The Labute approximate surface area is 243 Å². The molecule has 2 unspecified atom stereocenters. The van der Waals surface area contributed by atoms with Crippen molar-refractivity contribution in [3.63, 3.8) is 0 Å². The number of nitrogens with one attached hydrogen (secondary N) is 1. The van der Waals surface area contributed by atoms with Crippen LogP contribution in [0.4, 0.5) is 0 Å². The van der Waals surface area contributed by atoms with E-state index < -0.39 is 55.6 Å². The molecule has 1 amide bonds. The zero-order chi connectivity index (χ0) is 29.8. The summed E-state index contributed by atoms with van der Waals surface area (Å²) in [5, 5.41) is 65.0. The molecule has 41 heavy (non-hydrogen) atoms. The summed E-state index contributed by atoms with van der Waals surface area (Å²) >= 11 is 0. The molecule has 1 aliphatic heterocycles. The zero-order valence-corrected chi connectivity index (χ0v) is 24.3. The van der Waals surface area contributed by atoms with E-state index in [1.165, 1.54) is 5.56 Å². The lowest BCUT2D eigenvalue weighted by molar-refractivity contribution is -0.314. The lowest BCUT2D eigenvalue weighted by atomic mass is 9.84. The standard InChI is InChI=1S/C31H51NO9/c1-2-32-27(36)13-9-4-3-8-12-23-22(17-16-21(34)15-14-20-10-6-5-7-11-20)24(35)18-25(23)40-31-30(39)29(38)28(37)26(19-33)41-31/h5-7,10-11,21-26,28-31,33-35,37-39H,2-4,8-9,12-19H2,1H3,(H,32,36)/t21-,22+,23+,24+,25-,26?,28+,29-,30?,31-/m0/s1. The van der Waals surface area contributed by atoms with Crippen LogP contribution in [0.15, 0.2) is 30.3 Å². The van der Waals surface area contributed by atoms with Crippen LogP contribution in [0.2, 0.25) is 0 Å². The number of rotatable bonds is 17. The van der Waals surface area contributed by atoms with Gasteiger partial charge in [-0.15, -0.1) is 0 Å². The molecular weight excluding hydrogens is 530 g/mol. The molecule has 1 aromatic rings. The van der Waals surface area contributed by atoms with Crippen LogP contribution in [0.25, 0.3) is 0 Å². The Hall–Kier alpha value is -1.63. The van der Waals surface area contributed by atoms with Crippen molar-refractivity contribution in [2.24, 2.45) is 11.8 Å². The molecule has 10 nitrogen and oxygen atoms in total. The topological polar surface area (TPSA) is 169 Å². The number of aliphatic hydroxyl groups is 6. The van der Waals surface area contributed by atoms with Crippen molar-refractivity contribution in [2.75, 3.05) is 13.2 Å². The fourth-order valence-corrected chi connectivity index (χ4v) is 6.28. The van der Waals surface area contributed by atoms with Gasteiger partial charge in [0.05, 0.1) is 24.9 Å². The number of carbonyl (C=O) groups is 1. The van der Waals surface area contributed by atoms with E-state index in [-0.39, 0.29) is 17.7 Å². The van der Waals surface area contributed by atoms with E-state index in [0.29, 0.717) is 38.6 Å². The molecule has 234 valence electrons. The van der Waals surface area contributed by atoms with Gasteiger partial charge in [-0.25, -0.2) is 0 Å². The minimum atomic E-state index is -1.53. The van der Waals surface area contributed by atoms with E-state index >= 15 is 0 Å². The van der Waals surface area contributed by atoms with Crippen molar-refractivity contribution < 1.29 is 44.9 Å². The number of amides is 1. The Morgan fingerprint density at radius 2 is 1.71 bits per heavy atom. The quantitative estimate of drug-likeness (QED) is 0.135. The molecule has 1 heterocycles. The summed E-state index contributed by atoms with van der Waals surface area (Å²) in [5.41, 5.74) is 1.17. The van der Waals surface area contributed by atoms with Gasteiger partial charge in [0.1, 0.15) is 24.4 Å². The highest BCUT2D eigenvalue weighted by Gasteiger charge is 2.48. The molecular formula is C31H51NO9. The van der Waals surface area contributed by atoms with Gasteiger partial charge in [0.2, 0.25) is 5.91 Å². The van der Waals surface area contributed by atoms with Crippen LogP contribution >= 0.6 is 0 Å². The smallest absolute Gasteiger partial charge is 0.219 e. The number of aryl methyl sites for hydroxylation is 1. The Balaban J connectivity index is 1.58. The second kappa shape index (κ2) is 17.5. The van der Waals surface area contributed by atoms with Crippen molar-refractivity contribution in [3.8, 4) is 0 Å². The summed E-state index contributed by atoms with van der Waals surface area (Å²) in [4.78, 5) is 11.7. The number of hydrogen-bond acceptors (Lipinski definition) is 9. The van der Waals surface area contributed by atoms with Gasteiger partial charge >= 0.3 is 0 Å². The molecule has 2 aliphatic rings. The average Bonchev–Trinajstić information content (AvgIpc) is 3.26. The summed E-state index contributed by atoms with van der Waals surface area (Å²) in [5.74, 6) is -0.126. The summed E-state index contributed by atoms with van der Waals surface area (Å²) in [6.07, 6.45) is -0.780. The van der Waals surface area contributed by atoms with E-state index in [1.807, 2.05) is 37.3 Å². The van der Waals surface area contributed by atoms with Crippen LogP contribution in [0, 0.1) is 11.8 Å². The lowest BCUT2D eigenvalue weighted by Crippen LogP contribution is -2.59. The number of benzene rings is 1. The highest BCUT2D eigenvalue weighted by Crippen LogP contribution is 2.42. The molecule has 0 spiro atoms. The van der Waals surface area contributed by atoms with E-state index in [4.69, 9.17) is 9.47 Å². The normalized spacial score (nSPS) is 32.6. The molecule has 0 bridgehead atoms. The number of carbonyl (C=O) groups excluding carboxylic acids is 1. The first kappa shape index (κ1) is 33.9. The lowest BCUT2D eigenvalue weighted by Gasteiger charge is -2.41. The highest BCUT2D eigenvalue weighted by molar-refractivity contribution is 5.75. The number of ether oxygens (including phenoxy) is 2. The molecule has 10 heteroatoms. The van der Waals surface area contributed by atoms with Crippen molar-refractivity contribution in [2.45, 2.75) is 127 Å². The third-order valence-electron chi connectivity index (χ3n) is 8.66. The van der Waals surface area contributed by atoms with Gasteiger partial charge in [0.15, 0.2) is 6.29 Å². The van der Waals surface area contributed by atoms with Gasteiger partial charge in [-0.1, -0.05) is 49.6 Å². The largest absolute Gasteiger partial charge is 0.394 e. The predicted octanol–water partition coefficient (Wildman–Crippen LogP) is 1.42. The van der Waals surface area contributed by atoms with E-state index in [9.17, 15) is 35.4 Å². The van der Waals surface area contributed by atoms with Gasteiger partial charge < -0.3 is 45.4 Å². The monoisotopic (exact) mass is 581 g/mol. The summed E-state index contributed by atoms with van der Waals surface area (Å²) < 4.78 is 11.7. The predicted molar refractivity (Wildman–Crippen MR) is 153 cm³/mol. The van der Waals surface area contributed by atoms with Crippen molar-refractivity contribution in [1.29, 1.82) is 0 Å². The number of aliphatic hydroxyl groups excluding tert-OH is 6. The maximum absolute atomic E-state index is 11.7. The van der Waals surface area contributed by atoms with Crippen molar-refractivity contribution >= 4 is 5.91 Å². The molecule has 1 saturated heterocycles. The molecule has 2 fully saturated rings. The molecule has 7 N–H and O–H groups in total. The van der Waals surface area contributed by atoms with E-state index in [1.54, 1.807) is 0 Å². The Morgan fingerprint density at radius 3 is 2.41 bits per heavy atom. The van der Waals surface area contributed by atoms with Crippen LogP contribution in [-0.4, -0.2) is 98.7 Å². The summed E-state index contributed by atoms with van der Waals surface area (Å²) in [7, 11) is 0. The minimum absolute atomic E-state index is 0.0605. The highest BCUT2D eigenvalue weighted by atomic mass is 16.7. The third kappa shape index (κ3) is 10.2. The second-order valence-corrected chi connectivity index (χ2v) is 11.7. The van der Waals surface area contributed by atoms with Crippen molar-refractivity contribution in [3.05, 3.63) is 35.9 Å². The fraction of sp³-hybridized carbons (Fsp3) is 0.774. The molecule has 1 saturated carbocycles. The Kier molecular flexibility index (Phi) is 14.4. The second-order valence-electron chi connectivity index (χ2n) is 11.7. The van der Waals surface area contributed by atoms with Crippen LogP contribution in [0.3, 0.4) is 0 Å². The minimum Gasteiger partial charge on any atom is -0.394 e. The van der Waals surface area contributed by atoms with Crippen LogP contribution in [-0.2, 0) is 20.7 Å². The van der Waals surface area contributed by atoms with Gasteiger partial charge in [0, 0.05) is 19.4 Å². The van der Waals surface area contributed by atoms with Gasteiger partial charge in [-0.3, -0.25) is 4.79 Å². The van der Waals surface area contributed by atoms with E-state index in [2.05, 4.69) is 5.32 Å². The molecule has 1 aliphatic carbocycles.